The van der Waals surface area contributed by atoms with Gasteiger partial charge in [0.25, 0.3) is 0 Å². The van der Waals surface area contributed by atoms with Crippen LogP contribution in [0.4, 0.5) is 0 Å². The van der Waals surface area contributed by atoms with Gasteiger partial charge in [-0.2, -0.15) is 0 Å². The zero-order valence-corrected chi connectivity index (χ0v) is 7.39. The molecule has 0 aliphatic rings. The minimum absolute atomic E-state index is 0.381. The van der Waals surface area contributed by atoms with Gasteiger partial charge >= 0.3 is 0 Å². The summed E-state index contributed by atoms with van der Waals surface area (Å²) in [4.78, 5) is 0. The van der Waals surface area contributed by atoms with Gasteiger partial charge in [0.1, 0.15) is 11.3 Å². The Bertz CT molecular complexity index is 376. The molecule has 62 valence electrons. The molecule has 0 N–H and O–H groups in total. The highest BCUT2D eigenvalue weighted by Gasteiger charge is 2.13. The Morgan fingerprint density at radius 3 is 2.50 bits per heavy atom. The molecular weight excluding hydrogens is 199 g/mol. The highest BCUT2D eigenvalue weighted by molar-refractivity contribution is 6.43. The van der Waals surface area contributed by atoms with E-state index in [-0.39, 0.29) is 0 Å². The standard InChI is InChI=1S/C8H4Cl2O2/c9-5-4-12-8(7(5)10)6-2-1-3-11-6/h1-4H. The molecule has 0 amide bonds. The van der Waals surface area contributed by atoms with Crippen LogP contribution in [0.25, 0.3) is 11.5 Å². The van der Waals surface area contributed by atoms with Crippen molar-refractivity contribution in [3.8, 4) is 11.5 Å². The van der Waals surface area contributed by atoms with E-state index in [9.17, 15) is 0 Å². The lowest BCUT2D eigenvalue weighted by Crippen LogP contribution is -1.66. The lowest BCUT2D eigenvalue weighted by Gasteiger charge is -1.89. The van der Waals surface area contributed by atoms with E-state index in [4.69, 9.17) is 32.0 Å². The molecule has 2 aromatic heterocycles. The van der Waals surface area contributed by atoms with Gasteiger partial charge in [-0.1, -0.05) is 23.2 Å². The van der Waals surface area contributed by atoms with Crippen LogP contribution in [0.5, 0.6) is 0 Å². The molecule has 2 nitrogen and oxygen atoms in total. The van der Waals surface area contributed by atoms with Gasteiger partial charge in [0, 0.05) is 0 Å². The molecule has 12 heavy (non-hydrogen) atoms. The Kier molecular flexibility index (Phi) is 1.87. The molecule has 4 heteroatoms. The molecule has 0 atom stereocenters. The van der Waals surface area contributed by atoms with Gasteiger partial charge in [0.15, 0.2) is 11.5 Å². The quantitative estimate of drug-likeness (QED) is 0.703. The van der Waals surface area contributed by atoms with Crippen molar-refractivity contribution in [1.82, 2.24) is 0 Å². The summed E-state index contributed by atoms with van der Waals surface area (Å²) in [6.07, 6.45) is 2.92. The summed E-state index contributed by atoms with van der Waals surface area (Å²) < 4.78 is 10.2. The molecule has 0 aromatic carbocycles. The van der Waals surface area contributed by atoms with Gasteiger partial charge < -0.3 is 8.83 Å². The first-order chi connectivity index (χ1) is 5.79. The predicted molar refractivity (Wildman–Crippen MR) is 46.4 cm³/mol. The first-order valence-electron chi connectivity index (χ1n) is 3.25. The molecular formula is C8H4Cl2O2. The Labute approximate surface area is 78.7 Å². The molecule has 0 aliphatic carbocycles. The molecule has 0 spiro atoms. The second kappa shape index (κ2) is 2.88. The summed E-state index contributed by atoms with van der Waals surface area (Å²) in [5.74, 6) is 1.04. The Balaban J connectivity index is 2.55. The molecule has 0 aliphatic heterocycles. The Morgan fingerprint density at radius 2 is 2.00 bits per heavy atom. The van der Waals surface area contributed by atoms with Crippen molar-refractivity contribution >= 4 is 23.2 Å². The SMILES string of the molecule is Clc1coc(-c2ccco2)c1Cl. The van der Waals surface area contributed by atoms with Crippen LogP contribution >= 0.6 is 23.2 Å². The molecule has 0 fully saturated rings. The normalized spacial score (nSPS) is 10.5. The fourth-order valence-electron chi connectivity index (χ4n) is 0.897. The molecule has 0 saturated heterocycles. The molecule has 0 unspecified atom stereocenters. The summed E-state index contributed by atoms with van der Waals surface area (Å²) >= 11 is 11.5. The highest BCUT2D eigenvalue weighted by Crippen LogP contribution is 2.35. The number of hydrogen-bond acceptors (Lipinski definition) is 2. The largest absolute Gasteiger partial charge is 0.461 e. The molecule has 0 saturated carbocycles. The van der Waals surface area contributed by atoms with Crippen molar-refractivity contribution in [1.29, 1.82) is 0 Å². The van der Waals surface area contributed by atoms with Crippen LogP contribution < -0.4 is 0 Å². The Morgan fingerprint density at radius 1 is 1.17 bits per heavy atom. The number of hydrogen-bond donors (Lipinski definition) is 0. The lowest BCUT2D eigenvalue weighted by molar-refractivity contribution is 0.524. The maximum atomic E-state index is 5.81. The second-order valence-electron chi connectivity index (χ2n) is 2.20. The average Bonchev–Trinajstić information content (AvgIpc) is 2.64. The first kappa shape index (κ1) is 7.77. The number of halogens is 2. The fraction of sp³-hybridized carbons (Fsp3) is 0. The van der Waals surface area contributed by atoms with Crippen LogP contribution in [0.3, 0.4) is 0 Å². The monoisotopic (exact) mass is 202 g/mol. The molecule has 2 heterocycles. The minimum atomic E-state index is 0.381. The van der Waals surface area contributed by atoms with E-state index in [0.717, 1.165) is 0 Å². The second-order valence-corrected chi connectivity index (χ2v) is 2.99. The van der Waals surface area contributed by atoms with E-state index in [1.807, 2.05) is 0 Å². The zero-order chi connectivity index (χ0) is 8.55. The van der Waals surface area contributed by atoms with E-state index < -0.39 is 0 Å². The highest BCUT2D eigenvalue weighted by atomic mass is 35.5. The molecule has 2 rings (SSSR count). The van der Waals surface area contributed by atoms with Gasteiger partial charge in [-0.3, -0.25) is 0 Å². The van der Waals surface area contributed by atoms with E-state index in [0.29, 0.717) is 21.6 Å². The minimum Gasteiger partial charge on any atom is -0.461 e. The predicted octanol–water partition coefficient (Wildman–Crippen LogP) is 3.85. The maximum Gasteiger partial charge on any atom is 0.189 e. The van der Waals surface area contributed by atoms with E-state index in [1.54, 1.807) is 18.4 Å². The van der Waals surface area contributed by atoms with Gasteiger partial charge in [-0.05, 0) is 12.1 Å². The third-order valence-corrected chi connectivity index (χ3v) is 2.18. The van der Waals surface area contributed by atoms with E-state index in [2.05, 4.69) is 0 Å². The topological polar surface area (TPSA) is 26.3 Å². The zero-order valence-electron chi connectivity index (χ0n) is 5.88. The Hall–Kier alpha value is -0.860. The molecule has 2 aromatic rings. The van der Waals surface area contributed by atoms with Crippen LogP contribution in [-0.2, 0) is 0 Å². The lowest BCUT2D eigenvalue weighted by atomic mass is 10.3. The third-order valence-electron chi connectivity index (χ3n) is 1.43. The van der Waals surface area contributed by atoms with Crippen molar-refractivity contribution in [2.24, 2.45) is 0 Å². The van der Waals surface area contributed by atoms with Crippen LogP contribution in [0, 0.1) is 0 Å². The summed E-state index contributed by atoms with van der Waals surface area (Å²) in [6.45, 7) is 0. The fourth-order valence-corrected chi connectivity index (χ4v) is 1.21. The van der Waals surface area contributed by atoms with Crippen molar-refractivity contribution < 1.29 is 8.83 Å². The van der Waals surface area contributed by atoms with Crippen molar-refractivity contribution in [2.45, 2.75) is 0 Å². The van der Waals surface area contributed by atoms with Gasteiger partial charge in [0.2, 0.25) is 0 Å². The smallest absolute Gasteiger partial charge is 0.189 e. The van der Waals surface area contributed by atoms with Crippen molar-refractivity contribution in [3.05, 3.63) is 34.7 Å². The maximum absolute atomic E-state index is 5.81. The van der Waals surface area contributed by atoms with E-state index >= 15 is 0 Å². The summed E-state index contributed by atoms with van der Waals surface area (Å²) in [5, 5.41) is 0.773. The molecule has 0 radical (unpaired) electrons. The third kappa shape index (κ3) is 1.13. The van der Waals surface area contributed by atoms with Crippen LogP contribution in [0.15, 0.2) is 33.5 Å². The number of rotatable bonds is 1. The van der Waals surface area contributed by atoms with E-state index in [1.165, 1.54) is 6.26 Å². The van der Waals surface area contributed by atoms with Crippen LogP contribution in [0.1, 0.15) is 0 Å². The van der Waals surface area contributed by atoms with Crippen molar-refractivity contribution in [3.63, 3.8) is 0 Å². The van der Waals surface area contributed by atoms with Crippen LogP contribution in [0.2, 0.25) is 10.0 Å². The van der Waals surface area contributed by atoms with Crippen molar-refractivity contribution in [2.75, 3.05) is 0 Å². The first-order valence-corrected chi connectivity index (χ1v) is 4.01. The van der Waals surface area contributed by atoms with Gasteiger partial charge in [0.05, 0.1) is 11.3 Å². The van der Waals surface area contributed by atoms with Gasteiger partial charge in [-0.15, -0.1) is 0 Å². The number of furan rings is 2. The molecule has 0 bridgehead atoms. The summed E-state index contributed by atoms with van der Waals surface area (Å²) in [6, 6.07) is 3.50. The van der Waals surface area contributed by atoms with Gasteiger partial charge in [-0.25, -0.2) is 0 Å². The summed E-state index contributed by atoms with van der Waals surface area (Å²) in [5.41, 5.74) is 0. The average molecular weight is 203 g/mol. The summed E-state index contributed by atoms with van der Waals surface area (Å²) in [7, 11) is 0. The van der Waals surface area contributed by atoms with Crippen LogP contribution in [-0.4, -0.2) is 0 Å².